The van der Waals surface area contributed by atoms with Gasteiger partial charge in [0.05, 0.1) is 45.5 Å². The summed E-state index contributed by atoms with van der Waals surface area (Å²) in [5.41, 5.74) is 3.64. The number of para-hydroxylation sites is 1. The Balaban J connectivity index is 1.83. The molecule has 0 unspecified atom stereocenters. The van der Waals surface area contributed by atoms with Gasteiger partial charge in [-0.3, -0.25) is 19.0 Å². The highest BCUT2D eigenvalue weighted by Gasteiger charge is 2.40. The number of ether oxygens (including phenoxy) is 4. The molecule has 0 fully saturated rings. The van der Waals surface area contributed by atoms with E-state index in [0.29, 0.717) is 40.3 Å². The zero-order valence-electron chi connectivity index (χ0n) is 34.1. The molecule has 0 saturated heterocycles. The molecule has 4 aromatic rings. The van der Waals surface area contributed by atoms with E-state index in [4.69, 9.17) is 18.9 Å². The van der Waals surface area contributed by atoms with Crippen LogP contribution in [0.3, 0.4) is 0 Å². The first kappa shape index (κ1) is 42.0. The fourth-order valence-corrected chi connectivity index (χ4v) is 12.0. The van der Waals surface area contributed by atoms with Crippen molar-refractivity contribution in [1.82, 2.24) is 20.5 Å². The highest BCUT2D eigenvalue weighted by molar-refractivity contribution is 6.92. The van der Waals surface area contributed by atoms with Crippen LogP contribution >= 0.6 is 0 Å². The number of methoxy groups -OCH3 is 2. The molecule has 0 aliphatic carbocycles. The lowest BCUT2D eigenvalue weighted by Gasteiger charge is -2.32. The second-order valence-electron chi connectivity index (χ2n) is 15.3. The smallest absolute Gasteiger partial charge is 0.408 e. The van der Waals surface area contributed by atoms with Crippen molar-refractivity contribution in [2.45, 2.75) is 97.3 Å². The molecule has 3 N–H and O–H groups in total. The zero-order chi connectivity index (χ0) is 40.8. The second-order valence-corrected chi connectivity index (χ2v) is 20.4. The van der Waals surface area contributed by atoms with Crippen molar-refractivity contribution in [3.8, 4) is 22.6 Å². The predicted molar refractivity (Wildman–Crippen MR) is 220 cm³/mol. The topological polar surface area (TPSA) is 146 Å². The molecule has 56 heavy (non-hydrogen) atoms. The molecular formula is C43H56N4O8Si. The molecule has 3 amide bonds. The van der Waals surface area contributed by atoms with Crippen molar-refractivity contribution in [2.75, 3.05) is 27.4 Å². The first-order chi connectivity index (χ1) is 26.7. The van der Waals surface area contributed by atoms with Crippen LogP contribution in [0.1, 0.15) is 76.0 Å². The Bertz CT molecular complexity index is 2060. The number of rotatable bonds is 11. The monoisotopic (exact) mass is 784 g/mol. The van der Waals surface area contributed by atoms with E-state index in [1.54, 1.807) is 48.0 Å². The number of hydrogen-bond donors (Lipinski definition) is 3. The minimum atomic E-state index is -2.43. The van der Waals surface area contributed by atoms with E-state index >= 15 is 0 Å². The number of benzene rings is 3. The van der Waals surface area contributed by atoms with Crippen LogP contribution in [-0.2, 0) is 32.1 Å². The van der Waals surface area contributed by atoms with Gasteiger partial charge in [-0.15, -0.1) is 0 Å². The molecule has 300 valence electrons. The summed E-state index contributed by atoms with van der Waals surface area (Å²) in [6, 6.07) is 20.0. The number of fused-ring (bicyclic) bond motifs is 3. The van der Waals surface area contributed by atoms with Crippen LogP contribution in [0, 0.1) is 0 Å². The summed E-state index contributed by atoms with van der Waals surface area (Å²) in [6.45, 7) is 13.3. The Labute approximate surface area is 330 Å². The van der Waals surface area contributed by atoms with Crippen molar-refractivity contribution >= 4 is 48.1 Å². The molecule has 1 aliphatic rings. The number of nitrogens with zero attached hydrogens (tertiary/aromatic N) is 1. The van der Waals surface area contributed by atoms with Gasteiger partial charge in [-0.05, 0) is 49.6 Å². The zero-order valence-corrected chi connectivity index (χ0v) is 35.1. The number of alkyl carbamates (subject to hydrolysis) is 1. The van der Waals surface area contributed by atoms with Crippen molar-refractivity contribution in [2.24, 2.45) is 0 Å². The molecule has 1 aliphatic heterocycles. The maximum Gasteiger partial charge on any atom is 0.408 e. The Morgan fingerprint density at radius 2 is 1.62 bits per heavy atom. The van der Waals surface area contributed by atoms with E-state index in [2.05, 4.69) is 36.7 Å². The molecule has 1 aromatic heterocycles. The van der Waals surface area contributed by atoms with Crippen molar-refractivity contribution in [3.05, 3.63) is 77.4 Å². The van der Waals surface area contributed by atoms with Gasteiger partial charge < -0.3 is 34.9 Å². The predicted octanol–water partition coefficient (Wildman–Crippen LogP) is 6.64. The first-order valence-corrected chi connectivity index (χ1v) is 21.9. The quantitative estimate of drug-likeness (QED) is 0.144. The first-order valence-electron chi connectivity index (χ1n) is 19.3. The third-order valence-corrected chi connectivity index (χ3v) is 16.3. The average molecular weight is 785 g/mol. The van der Waals surface area contributed by atoms with Gasteiger partial charge in [0.1, 0.15) is 19.7 Å². The molecule has 5 rings (SSSR count). The van der Waals surface area contributed by atoms with Crippen LogP contribution in [0.15, 0.2) is 60.7 Å². The lowest BCUT2D eigenvalue weighted by atomic mass is 9.95. The Hall–Kier alpha value is -5.14. The van der Waals surface area contributed by atoms with Gasteiger partial charge in [-0.25, -0.2) is 4.79 Å². The summed E-state index contributed by atoms with van der Waals surface area (Å²) >= 11 is 0. The van der Waals surface area contributed by atoms with Crippen LogP contribution in [0.25, 0.3) is 22.0 Å². The molecule has 0 radical (unpaired) electrons. The van der Waals surface area contributed by atoms with Crippen LogP contribution in [0.4, 0.5) is 4.79 Å². The lowest BCUT2D eigenvalue weighted by molar-refractivity contribution is -0.127. The van der Waals surface area contributed by atoms with Gasteiger partial charge in [0.25, 0.3) is 0 Å². The third kappa shape index (κ3) is 8.94. The number of hydrogen-bond acceptors (Lipinski definition) is 8. The van der Waals surface area contributed by atoms with Crippen molar-refractivity contribution in [1.29, 1.82) is 0 Å². The minimum Gasteiger partial charge on any atom is -0.493 e. The van der Waals surface area contributed by atoms with Crippen LogP contribution < -0.4 is 30.7 Å². The van der Waals surface area contributed by atoms with E-state index in [9.17, 15) is 19.2 Å². The summed E-state index contributed by atoms with van der Waals surface area (Å²) in [4.78, 5) is 55.4. The Kier molecular flexibility index (Phi) is 13.3. The number of nitrogens with one attached hydrogen (secondary N) is 3. The van der Waals surface area contributed by atoms with E-state index in [0.717, 1.165) is 40.0 Å². The highest BCUT2D eigenvalue weighted by atomic mass is 28.3. The van der Waals surface area contributed by atoms with Gasteiger partial charge >= 0.3 is 6.09 Å². The molecule has 2 heterocycles. The Morgan fingerprint density at radius 1 is 0.929 bits per heavy atom. The molecule has 3 aromatic carbocycles. The van der Waals surface area contributed by atoms with E-state index in [1.165, 1.54) is 0 Å². The summed E-state index contributed by atoms with van der Waals surface area (Å²) in [5, 5.41) is 10.3. The maximum absolute atomic E-state index is 14.2. The van der Waals surface area contributed by atoms with Gasteiger partial charge in [0.2, 0.25) is 17.7 Å². The SMILES string of the molecule is CC[Si](CC)(CC)c1c2c3cccc(c3n1C(C)=O)-c1cc(cc(OC)c1OC)[C@H](COCc1ccccc1)NC(=O)CNC(=O)[C@H](NC(=O)OC(C)(C)C)C2. The molecule has 2 atom stereocenters. The van der Waals surface area contributed by atoms with E-state index < -0.39 is 43.7 Å². The van der Waals surface area contributed by atoms with Crippen LogP contribution in [-0.4, -0.2) is 75.5 Å². The fourth-order valence-electron chi connectivity index (χ4n) is 7.83. The summed E-state index contributed by atoms with van der Waals surface area (Å²) in [7, 11) is 0.693. The van der Waals surface area contributed by atoms with Crippen LogP contribution in [0.2, 0.25) is 18.1 Å². The third-order valence-electron chi connectivity index (χ3n) is 10.7. The second kappa shape index (κ2) is 17.8. The standard InChI is InChI=1S/C43H56N4O8Si/c1-10-56(11-2,12-3)41-33-23-34(46-42(51)55-43(5,6)7)40(50)44-24-37(49)45-35(26-54-25-28-17-14-13-15-18-28)29-21-32(39(53-9)36(22-29)52-8)30-19-16-20-31(33)38(30)47(41)27(4)48/h13-22,34-35H,10-12,23-26H2,1-9H3,(H,44,50)(H,45,49)(H,46,51)/t34-,35+/m1/s1. The normalized spacial score (nSPS) is 16.4. The molecular weight excluding hydrogens is 729 g/mol. The highest BCUT2D eigenvalue weighted by Crippen LogP contribution is 2.44. The van der Waals surface area contributed by atoms with Gasteiger partial charge in [-0.1, -0.05) is 87.4 Å². The van der Waals surface area contributed by atoms with Gasteiger partial charge in [0.15, 0.2) is 11.5 Å². The number of carbonyl (C=O) groups is 4. The molecule has 0 saturated carbocycles. The molecule has 0 spiro atoms. The molecule has 12 nitrogen and oxygen atoms in total. The van der Waals surface area contributed by atoms with Crippen molar-refractivity contribution in [3.63, 3.8) is 0 Å². The molecule has 13 heteroatoms. The Morgan fingerprint density at radius 3 is 2.23 bits per heavy atom. The largest absolute Gasteiger partial charge is 0.493 e. The van der Waals surface area contributed by atoms with E-state index in [1.807, 2.05) is 59.2 Å². The maximum atomic E-state index is 14.2. The van der Waals surface area contributed by atoms with Crippen molar-refractivity contribution < 1.29 is 38.1 Å². The van der Waals surface area contributed by atoms with E-state index in [-0.39, 0.29) is 25.5 Å². The number of aromatic nitrogens is 1. The fraction of sp³-hybridized carbons (Fsp3) is 0.442. The average Bonchev–Trinajstić information content (AvgIpc) is 3.50. The molecule has 6 bridgehead atoms. The number of amides is 3. The lowest BCUT2D eigenvalue weighted by Crippen LogP contribution is -2.55. The van der Waals surface area contributed by atoms with Gasteiger partial charge in [0, 0.05) is 35.2 Å². The van der Waals surface area contributed by atoms with Gasteiger partial charge in [-0.2, -0.15) is 0 Å². The van der Waals surface area contributed by atoms with Crippen LogP contribution in [0.5, 0.6) is 11.5 Å². The summed E-state index contributed by atoms with van der Waals surface area (Å²) in [6.07, 6.45) is -0.723. The summed E-state index contributed by atoms with van der Waals surface area (Å²) < 4.78 is 25.6. The summed E-state index contributed by atoms with van der Waals surface area (Å²) in [5.74, 6) is -0.312. The minimum absolute atomic E-state index is 0.0491. The number of carbonyl (C=O) groups excluding carboxylic acids is 4.